The number of carbonyl (C=O) groups excluding carboxylic acids is 2. The first kappa shape index (κ1) is 18.5. The normalized spacial score (nSPS) is 13.9. The zero-order chi connectivity index (χ0) is 16.1. The van der Waals surface area contributed by atoms with Crippen molar-refractivity contribution in [3.8, 4) is 0 Å². The van der Waals surface area contributed by atoms with E-state index in [9.17, 15) is 35.9 Å². The van der Waals surface area contributed by atoms with Gasteiger partial charge in [0, 0.05) is 6.42 Å². The SMILES string of the molecule is NC(=O)CC[C@H](N)C(=O)N(CC(F)(F)F)CC(F)(F)F. The molecule has 0 bridgehead atoms. The van der Waals surface area contributed by atoms with E-state index in [-0.39, 0.29) is 0 Å². The van der Waals surface area contributed by atoms with Crippen LogP contribution in [0, 0.1) is 0 Å². The monoisotopic (exact) mass is 309 g/mol. The molecule has 0 heterocycles. The van der Waals surface area contributed by atoms with Gasteiger partial charge in [-0.15, -0.1) is 0 Å². The molecular formula is C9H13F6N3O2. The number of hydrogen-bond donors (Lipinski definition) is 2. The van der Waals surface area contributed by atoms with Crippen LogP contribution in [0.4, 0.5) is 26.3 Å². The second-order valence-corrected chi connectivity index (χ2v) is 4.04. The van der Waals surface area contributed by atoms with Gasteiger partial charge in [-0.1, -0.05) is 0 Å². The van der Waals surface area contributed by atoms with Gasteiger partial charge < -0.3 is 16.4 Å². The summed E-state index contributed by atoms with van der Waals surface area (Å²) in [6.07, 6.45) is -10.8. The lowest BCUT2D eigenvalue weighted by atomic mass is 10.1. The fourth-order valence-electron chi connectivity index (χ4n) is 1.30. The Hall–Kier alpha value is -1.52. The first-order valence-electron chi connectivity index (χ1n) is 5.28. The number of nitrogens with zero attached hydrogens (tertiary/aromatic N) is 1. The van der Waals surface area contributed by atoms with Gasteiger partial charge in [0.25, 0.3) is 0 Å². The Balaban J connectivity index is 4.83. The third-order valence-electron chi connectivity index (χ3n) is 2.07. The maximum Gasteiger partial charge on any atom is 0.406 e. The summed E-state index contributed by atoms with van der Waals surface area (Å²) in [6, 6.07) is -1.66. The van der Waals surface area contributed by atoms with E-state index >= 15 is 0 Å². The van der Waals surface area contributed by atoms with Crippen LogP contribution in [-0.4, -0.2) is 48.2 Å². The molecular weight excluding hydrogens is 296 g/mol. The molecule has 0 saturated heterocycles. The molecule has 0 aromatic rings. The number of amides is 2. The highest BCUT2D eigenvalue weighted by atomic mass is 19.4. The van der Waals surface area contributed by atoms with Gasteiger partial charge in [-0.3, -0.25) is 9.59 Å². The average molecular weight is 309 g/mol. The fraction of sp³-hybridized carbons (Fsp3) is 0.778. The minimum Gasteiger partial charge on any atom is -0.370 e. The van der Waals surface area contributed by atoms with E-state index in [0.717, 1.165) is 0 Å². The molecule has 0 rings (SSSR count). The number of primary amides is 1. The highest BCUT2D eigenvalue weighted by Gasteiger charge is 2.40. The van der Waals surface area contributed by atoms with Crippen LogP contribution in [0.3, 0.4) is 0 Å². The largest absolute Gasteiger partial charge is 0.406 e. The second kappa shape index (κ2) is 6.77. The van der Waals surface area contributed by atoms with Crippen molar-refractivity contribution in [2.75, 3.05) is 13.1 Å². The van der Waals surface area contributed by atoms with Crippen LogP contribution in [0.25, 0.3) is 0 Å². The summed E-state index contributed by atoms with van der Waals surface area (Å²) in [4.78, 5) is 21.5. The molecule has 0 aliphatic rings. The van der Waals surface area contributed by atoms with E-state index in [1.807, 2.05) is 0 Å². The summed E-state index contributed by atoms with van der Waals surface area (Å²) in [6.45, 7) is -4.15. The summed E-state index contributed by atoms with van der Waals surface area (Å²) >= 11 is 0. The van der Waals surface area contributed by atoms with Gasteiger partial charge in [-0.2, -0.15) is 26.3 Å². The minimum atomic E-state index is -5.00. The summed E-state index contributed by atoms with van der Waals surface area (Å²) in [7, 11) is 0. The maximum absolute atomic E-state index is 12.1. The summed E-state index contributed by atoms with van der Waals surface area (Å²) in [5.74, 6) is -2.41. The van der Waals surface area contributed by atoms with Crippen LogP contribution in [0.15, 0.2) is 0 Å². The van der Waals surface area contributed by atoms with Crippen molar-refractivity contribution >= 4 is 11.8 Å². The highest BCUT2D eigenvalue weighted by Crippen LogP contribution is 2.22. The van der Waals surface area contributed by atoms with Crippen molar-refractivity contribution < 1.29 is 35.9 Å². The van der Waals surface area contributed by atoms with E-state index in [4.69, 9.17) is 11.5 Å². The van der Waals surface area contributed by atoms with Crippen molar-refractivity contribution in [3.05, 3.63) is 0 Å². The maximum atomic E-state index is 12.1. The van der Waals surface area contributed by atoms with Gasteiger partial charge in [-0.05, 0) is 6.42 Å². The van der Waals surface area contributed by atoms with Crippen LogP contribution < -0.4 is 11.5 Å². The molecule has 0 saturated carbocycles. The molecule has 0 aliphatic heterocycles. The van der Waals surface area contributed by atoms with Crippen molar-refractivity contribution in [2.45, 2.75) is 31.2 Å². The Morgan fingerprint density at radius 2 is 1.40 bits per heavy atom. The van der Waals surface area contributed by atoms with Crippen LogP contribution in [0.5, 0.6) is 0 Å². The van der Waals surface area contributed by atoms with Gasteiger partial charge in [-0.25, -0.2) is 0 Å². The van der Waals surface area contributed by atoms with Gasteiger partial charge >= 0.3 is 12.4 Å². The Morgan fingerprint density at radius 3 is 1.70 bits per heavy atom. The second-order valence-electron chi connectivity index (χ2n) is 4.04. The Labute approximate surface area is 109 Å². The molecule has 0 fully saturated rings. The lowest BCUT2D eigenvalue weighted by Gasteiger charge is -2.27. The molecule has 2 amide bonds. The molecule has 20 heavy (non-hydrogen) atoms. The molecule has 0 spiro atoms. The molecule has 0 aliphatic carbocycles. The standard InChI is InChI=1S/C9H13F6N3O2/c10-8(11,12)3-18(4-9(13,14)15)7(20)5(16)1-2-6(17)19/h5H,1-4,16H2,(H2,17,19)/t5-/m0/s1. The number of hydrogen-bond acceptors (Lipinski definition) is 3. The topological polar surface area (TPSA) is 89.4 Å². The first-order valence-corrected chi connectivity index (χ1v) is 5.28. The van der Waals surface area contributed by atoms with Crippen LogP contribution in [0.2, 0.25) is 0 Å². The molecule has 11 heteroatoms. The van der Waals surface area contributed by atoms with Gasteiger partial charge in [0.2, 0.25) is 11.8 Å². The average Bonchev–Trinajstić information content (AvgIpc) is 2.19. The number of alkyl halides is 6. The fourth-order valence-corrected chi connectivity index (χ4v) is 1.30. The highest BCUT2D eigenvalue weighted by molar-refractivity contribution is 5.82. The Bertz CT molecular complexity index is 339. The lowest BCUT2D eigenvalue weighted by Crippen LogP contribution is -2.50. The molecule has 4 N–H and O–H groups in total. The van der Waals surface area contributed by atoms with Crippen molar-refractivity contribution in [1.82, 2.24) is 4.90 Å². The number of nitrogens with two attached hydrogens (primary N) is 2. The molecule has 0 unspecified atom stereocenters. The van der Waals surface area contributed by atoms with E-state index in [0.29, 0.717) is 0 Å². The Morgan fingerprint density at radius 1 is 1.00 bits per heavy atom. The third-order valence-corrected chi connectivity index (χ3v) is 2.07. The molecule has 0 aromatic heterocycles. The van der Waals surface area contributed by atoms with Crippen molar-refractivity contribution in [3.63, 3.8) is 0 Å². The lowest BCUT2D eigenvalue weighted by molar-refractivity contribution is -0.188. The predicted octanol–water partition coefficient (Wildman–Crippen LogP) is 0.532. The van der Waals surface area contributed by atoms with Crippen molar-refractivity contribution in [2.24, 2.45) is 11.5 Å². The zero-order valence-corrected chi connectivity index (χ0v) is 10.1. The number of carbonyl (C=O) groups is 2. The first-order chi connectivity index (χ1) is 8.82. The number of halogens is 6. The molecule has 118 valence electrons. The summed E-state index contributed by atoms with van der Waals surface area (Å²) < 4.78 is 72.9. The quantitative estimate of drug-likeness (QED) is 0.702. The summed E-state index contributed by atoms with van der Waals surface area (Å²) in [5.41, 5.74) is 9.91. The van der Waals surface area contributed by atoms with E-state index < -0.39 is 61.0 Å². The van der Waals surface area contributed by atoms with E-state index in [1.54, 1.807) is 0 Å². The van der Waals surface area contributed by atoms with Gasteiger partial charge in [0.15, 0.2) is 0 Å². The predicted molar refractivity (Wildman–Crippen MR) is 55.1 cm³/mol. The molecule has 1 atom stereocenters. The molecule has 0 aromatic carbocycles. The van der Waals surface area contributed by atoms with Crippen LogP contribution >= 0.6 is 0 Å². The minimum absolute atomic E-state index is 0.418. The van der Waals surface area contributed by atoms with Gasteiger partial charge in [0.1, 0.15) is 13.1 Å². The van der Waals surface area contributed by atoms with E-state index in [2.05, 4.69) is 0 Å². The third kappa shape index (κ3) is 8.56. The number of rotatable bonds is 6. The van der Waals surface area contributed by atoms with Crippen molar-refractivity contribution in [1.29, 1.82) is 0 Å². The smallest absolute Gasteiger partial charge is 0.370 e. The summed E-state index contributed by atoms with van der Waals surface area (Å²) in [5, 5.41) is 0. The van der Waals surface area contributed by atoms with Gasteiger partial charge in [0.05, 0.1) is 6.04 Å². The van der Waals surface area contributed by atoms with E-state index in [1.165, 1.54) is 0 Å². The molecule has 5 nitrogen and oxygen atoms in total. The van der Waals surface area contributed by atoms with Crippen LogP contribution in [0.1, 0.15) is 12.8 Å². The zero-order valence-electron chi connectivity index (χ0n) is 10.1. The molecule has 0 radical (unpaired) electrons. The van der Waals surface area contributed by atoms with Crippen LogP contribution in [-0.2, 0) is 9.59 Å². The Kier molecular flexibility index (Phi) is 6.26.